The fraction of sp³-hybridized carbons (Fsp3) is 0.550. The van der Waals surface area contributed by atoms with Gasteiger partial charge in [-0.05, 0) is 24.0 Å². The first kappa shape index (κ1) is 28.1. The number of nitrogens with one attached hydrogen (secondary N) is 1. The lowest BCUT2D eigenvalue weighted by atomic mass is 9.99. The number of thioether (sulfide) groups is 1. The molecule has 1 saturated heterocycles. The monoisotopic (exact) mass is 497 g/mol. The van der Waals surface area contributed by atoms with E-state index in [0.29, 0.717) is 24.3 Å². The van der Waals surface area contributed by atoms with E-state index in [1.54, 1.807) is 6.92 Å². The van der Waals surface area contributed by atoms with Crippen LogP contribution in [-0.4, -0.2) is 57.5 Å². The summed E-state index contributed by atoms with van der Waals surface area (Å²) < 4.78 is 40.2. The molecule has 2 amide bonds. The summed E-state index contributed by atoms with van der Waals surface area (Å²) in [7, 11) is 0. The molecule has 2 rings (SSSR count). The van der Waals surface area contributed by atoms with Crippen LogP contribution >= 0.6 is 24.2 Å². The lowest BCUT2D eigenvalue weighted by molar-refractivity contribution is -0.144. The van der Waals surface area contributed by atoms with E-state index in [-0.39, 0.29) is 43.3 Å². The van der Waals surface area contributed by atoms with Gasteiger partial charge in [0.05, 0.1) is 0 Å². The fourth-order valence-corrected chi connectivity index (χ4v) is 4.41. The Balaban J connectivity index is 0.00000512. The Bertz CT molecular complexity index is 849. The molecule has 1 heterocycles. The van der Waals surface area contributed by atoms with Gasteiger partial charge in [-0.3, -0.25) is 9.59 Å². The van der Waals surface area contributed by atoms with Crippen molar-refractivity contribution in [2.75, 3.05) is 12.3 Å². The van der Waals surface area contributed by atoms with Crippen molar-refractivity contribution in [3.8, 4) is 0 Å². The zero-order valence-corrected chi connectivity index (χ0v) is 19.3. The van der Waals surface area contributed by atoms with Crippen LogP contribution in [0.1, 0.15) is 32.3 Å². The Kier molecular flexibility index (Phi) is 10.8. The first-order valence-electron chi connectivity index (χ1n) is 9.88. The second kappa shape index (κ2) is 12.3. The zero-order chi connectivity index (χ0) is 23.3. The van der Waals surface area contributed by atoms with E-state index in [0.717, 1.165) is 0 Å². The van der Waals surface area contributed by atoms with E-state index in [1.807, 2.05) is 6.92 Å². The summed E-state index contributed by atoms with van der Waals surface area (Å²) in [6.07, 6.45) is 0.116. The highest BCUT2D eigenvalue weighted by atomic mass is 35.5. The predicted molar refractivity (Wildman–Crippen MR) is 117 cm³/mol. The molecule has 32 heavy (non-hydrogen) atoms. The van der Waals surface area contributed by atoms with Crippen molar-refractivity contribution in [1.29, 1.82) is 0 Å². The molecule has 0 bridgehead atoms. The molecule has 1 aromatic rings. The van der Waals surface area contributed by atoms with E-state index < -0.39 is 52.7 Å². The number of amides is 2. The van der Waals surface area contributed by atoms with Gasteiger partial charge in [-0.25, -0.2) is 18.0 Å². The Morgan fingerprint density at radius 3 is 2.47 bits per heavy atom. The minimum absolute atomic E-state index is 0. The second-order valence-electron chi connectivity index (χ2n) is 7.55. The van der Waals surface area contributed by atoms with E-state index in [9.17, 15) is 32.7 Å². The molecule has 2 unspecified atom stereocenters. The average molecular weight is 498 g/mol. The Hall–Kier alpha value is -1.98. The van der Waals surface area contributed by atoms with Gasteiger partial charge in [-0.15, -0.1) is 24.2 Å². The summed E-state index contributed by atoms with van der Waals surface area (Å²) in [6.45, 7) is 3.79. The maximum atomic E-state index is 13.8. The van der Waals surface area contributed by atoms with E-state index in [1.165, 1.54) is 16.7 Å². The summed E-state index contributed by atoms with van der Waals surface area (Å²) in [4.78, 5) is 38.1. The number of nitrogens with zero attached hydrogens (tertiary/aromatic N) is 1. The average Bonchev–Trinajstić information content (AvgIpc) is 3.19. The molecular weight excluding hydrogens is 471 g/mol. The largest absolute Gasteiger partial charge is 0.480 e. The number of benzene rings is 1. The minimum atomic E-state index is -1.31. The van der Waals surface area contributed by atoms with Crippen molar-refractivity contribution < 1.29 is 32.7 Å². The molecule has 180 valence electrons. The van der Waals surface area contributed by atoms with Crippen molar-refractivity contribution in [2.24, 2.45) is 11.7 Å². The summed E-state index contributed by atoms with van der Waals surface area (Å²) in [5.74, 6) is -5.49. The molecular formula is C20H27ClF3N3O4S. The SMILES string of the molecule is CC[C@H](C)C(NC(=O)C1SCCN1C(=O)C[C@H](N)Cc1cc(F)c(F)cc1F)C(=O)O.Cl. The molecule has 12 heteroatoms. The number of carbonyl (C=O) groups is 3. The smallest absolute Gasteiger partial charge is 0.326 e. The quantitative estimate of drug-likeness (QED) is 0.451. The molecule has 1 fully saturated rings. The summed E-state index contributed by atoms with van der Waals surface area (Å²) in [6, 6.07) is -0.826. The van der Waals surface area contributed by atoms with Crippen molar-refractivity contribution >= 4 is 42.0 Å². The highest BCUT2D eigenvalue weighted by molar-refractivity contribution is 8.00. The standard InChI is InChI=1S/C20H26F3N3O4S.ClH/c1-3-10(2)17(20(29)30)25-18(28)19-26(4-5-31-19)16(27)8-12(24)6-11-7-14(22)15(23)9-13(11)21;/h7,9-10,12,17,19H,3-6,8,24H2,1-2H3,(H,25,28)(H,29,30);1H/t10-,12+,17?,19?;/m0./s1. The van der Waals surface area contributed by atoms with E-state index >= 15 is 0 Å². The predicted octanol–water partition coefficient (Wildman–Crippen LogP) is 2.30. The van der Waals surface area contributed by atoms with Gasteiger partial charge in [0.2, 0.25) is 5.91 Å². The van der Waals surface area contributed by atoms with Crippen LogP contribution in [0.3, 0.4) is 0 Å². The van der Waals surface area contributed by atoms with E-state index in [2.05, 4.69) is 5.32 Å². The molecule has 1 aliphatic rings. The highest BCUT2D eigenvalue weighted by Crippen LogP contribution is 2.26. The molecule has 4 N–H and O–H groups in total. The van der Waals surface area contributed by atoms with Gasteiger partial charge in [-0.2, -0.15) is 0 Å². The molecule has 0 aliphatic carbocycles. The van der Waals surface area contributed by atoms with Crippen LogP contribution in [-0.2, 0) is 20.8 Å². The van der Waals surface area contributed by atoms with Crippen LogP contribution in [0.5, 0.6) is 0 Å². The van der Waals surface area contributed by atoms with Gasteiger partial charge < -0.3 is 21.1 Å². The van der Waals surface area contributed by atoms with Gasteiger partial charge >= 0.3 is 5.97 Å². The molecule has 0 spiro atoms. The fourth-order valence-electron chi connectivity index (χ4n) is 3.27. The second-order valence-corrected chi connectivity index (χ2v) is 8.73. The van der Waals surface area contributed by atoms with Crippen LogP contribution < -0.4 is 11.1 Å². The molecule has 4 atom stereocenters. The summed E-state index contributed by atoms with van der Waals surface area (Å²) >= 11 is 1.21. The molecule has 1 aliphatic heterocycles. The van der Waals surface area contributed by atoms with Crippen molar-refractivity contribution in [3.63, 3.8) is 0 Å². The van der Waals surface area contributed by atoms with Crippen molar-refractivity contribution in [3.05, 3.63) is 35.1 Å². The van der Waals surface area contributed by atoms with Gasteiger partial charge in [0, 0.05) is 30.8 Å². The first-order chi connectivity index (χ1) is 14.5. The Morgan fingerprint density at radius 1 is 1.25 bits per heavy atom. The van der Waals surface area contributed by atoms with Crippen molar-refractivity contribution in [2.45, 2.75) is 50.6 Å². The lowest BCUT2D eigenvalue weighted by Gasteiger charge is -2.27. The number of nitrogens with two attached hydrogens (primary N) is 1. The number of hydrogen-bond acceptors (Lipinski definition) is 5. The van der Waals surface area contributed by atoms with Crippen molar-refractivity contribution in [1.82, 2.24) is 10.2 Å². The van der Waals surface area contributed by atoms with E-state index in [4.69, 9.17) is 5.73 Å². The Morgan fingerprint density at radius 2 is 1.88 bits per heavy atom. The number of hydrogen-bond donors (Lipinski definition) is 3. The minimum Gasteiger partial charge on any atom is -0.480 e. The van der Waals surface area contributed by atoms with Crippen LogP contribution in [0.2, 0.25) is 0 Å². The highest BCUT2D eigenvalue weighted by Gasteiger charge is 2.37. The number of aliphatic carboxylic acids is 1. The van der Waals surface area contributed by atoms with Crippen LogP contribution in [0, 0.1) is 23.4 Å². The van der Waals surface area contributed by atoms with Gasteiger partial charge in [-0.1, -0.05) is 20.3 Å². The topological polar surface area (TPSA) is 113 Å². The molecule has 0 saturated carbocycles. The third kappa shape index (κ3) is 7.01. The van der Waals surface area contributed by atoms with Gasteiger partial charge in [0.15, 0.2) is 17.0 Å². The number of rotatable bonds is 9. The molecule has 1 aromatic carbocycles. The number of carboxylic acid groups (broad SMARTS) is 1. The summed E-state index contributed by atoms with van der Waals surface area (Å²) in [5.41, 5.74) is 5.76. The summed E-state index contributed by atoms with van der Waals surface area (Å²) in [5, 5.41) is 11.0. The normalized spacial score (nSPS) is 18.4. The van der Waals surface area contributed by atoms with Gasteiger partial charge in [0.25, 0.3) is 5.91 Å². The molecule has 0 aromatic heterocycles. The zero-order valence-electron chi connectivity index (χ0n) is 17.6. The first-order valence-corrected chi connectivity index (χ1v) is 10.9. The Labute approximate surface area is 194 Å². The molecule has 7 nitrogen and oxygen atoms in total. The van der Waals surface area contributed by atoms with Crippen LogP contribution in [0.25, 0.3) is 0 Å². The maximum Gasteiger partial charge on any atom is 0.326 e. The lowest BCUT2D eigenvalue weighted by Crippen LogP contribution is -2.52. The maximum absolute atomic E-state index is 13.8. The third-order valence-corrected chi connectivity index (χ3v) is 6.42. The molecule has 0 radical (unpaired) electrons. The number of carboxylic acids is 1. The van der Waals surface area contributed by atoms with Crippen LogP contribution in [0.4, 0.5) is 13.2 Å². The third-order valence-electron chi connectivity index (χ3n) is 5.22. The van der Waals surface area contributed by atoms with Gasteiger partial charge in [0.1, 0.15) is 11.9 Å². The number of carbonyl (C=O) groups excluding carboxylic acids is 2. The number of halogens is 4. The van der Waals surface area contributed by atoms with Crippen LogP contribution in [0.15, 0.2) is 12.1 Å².